The van der Waals surface area contributed by atoms with Gasteiger partial charge < -0.3 is 9.13 Å². The SMILES string of the molecule is CN(Cc1ccc2c(c1)c1ccccc1n2C)CN(C)Cc1ccc2c(c1)c1ccccc1n2C. The number of hydrogen-bond acceptors (Lipinski definition) is 2. The molecule has 0 aliphatic heterocycles. The Morgan fingerprint density at radius 3 is 1.37 bits per heavy atom. The summed E-state index contributed by atoms with van der Waals surface area (Å²) in [6.07, 6.45) is 0. The largest absolute Gasteiger partial charge is 0.344 e. The molecule has 0 saturated heterocycles. The molecule has 0 saturated carbocycles. The fourth-order valence-corrected chi connectivity index (χ4v) is 5.76. The van der Waals surface area contributed by atoms with E-state index in [4.69, 9.17) is 0 Å². The molecule has 4 nitrogen and oxygen atoms in total. The van der Waals surface area contributed by atoms with Gasteiger partial charge in [-0.15, -0.1) is 0 Å². The van der Waals surface area contributed by atoms with Gasteiger partial charge in [0.1, 0.15) is 0 Å². The third kappa shape index (κ3) is 3.79. The normalized spacial score (nSPS) is 12.3. The number of benzene rings is 4. The number of fused-ring (bicyclic) bond motifs is 6. The van der Waals surface area contributed by atoms with Crippen molar-refractivity contribution in [3.63, 3.8) is 0 Å². The Hall–Kier alpha value is -3.60. The fraction of sp³-hybridized carbons (Fsp3) is 0.226. The van der Waals surface area contributed by atoms with E-state index in [0.29, 0.717) is 0 Å². The first-order chi connectivity index (χ1) is 17.0. The highest BCUT2D eigenvalue weighted by atomic mass is 15.3. The summed E-state index contributed by atoms with van der Waals surface area (Å²) in [6, 6.07) is 31.1. The lowest BCUT2D eigenvalue weighted by Gasteiger charge is -2.24. The monoisotopic (exact) mass is 460 g/mol. The van der Waals surface area contributed by atoms with Crippen LogP contribution in [0.15, 0.2) is 84.9 Å². The van der Waals surface area contributed by atoms with E-state index in [2.05, 4.69) is 132 Å². The van der Waals surface area contributed by atoms with Crippen molar-refractivity contribution in [2.75, 3.05) is 20.8 Å². The van der Waals surface area contributed by atoms with E-state index in [1.54, 1.807) is 0 Å². The maximum absolute atomic E-state index is 2.39. The summed E-state index contributed by atoms with van der Waals surface area (Å²) in [6.45, 7) is 2.75. The Balaban J connectivity index is 1.18. The molecule has 6 rings (SSSR count). The van der Waals surface area contributed by atoms with Gasteiger partial charge in [0, 0.05) is 70.8 Å². The van der Waals surface area contributed by atoms with Gasteiger partial charge in [0.2, 0.25) is 0 Å². The van der Waals surface area contributed by atoms with Crippen LogP contribution in [-0.2, 0) is 27.2 Å². The predicted octanol–water partition coefficient (Wildman–Crippen LogP) is 6.50. The number of nitrogens with zero attached hydrogens (tertiary/aromatic N) is 4. The first-order valence-corrected chi connectivity index (χ1v) is 12.3. The van der Waals surface area contributed by atoms with Crippen LogP contribution in [-0.4, -0.2) is 39.7 Å². The number of aromatic nitrogens is 2. The topological polar surface area (TPSA) is 16.3 Å². The molecule has 0 bridgehead atoms. The van der Waals surface area contributed by atoms with Gasteiger partial charge in [0.05, 0.1) is 6.67 Å². The highest BCUT2D eigenvalue weighted by molar-refractivity contribution is 6.09. The molecule has 0 aliphatic carbocycles. The van der Waals surface area contributed by atoms with Gasteiger partial charge in [-0.3, -0.25) is 9.80 Å². The van der Waals surface area contributed by atoms with E-state index in [9.17, 15) is 0 Å². The average molecular weight is 461 g/mol. The van der Waals surface area contributed by atoms with E-state index in [1.165, 1.54) is 54.7 Å². The molecular weight excluding hydrogens is 428 g/mol. The number of rotatable bonds is 6. The van der Waals surface area contributed by atoms with E-state index < -0.39 is 0 Å². The van der Waals surface area contributed by atoms with Crippen molar-refractivity contribution in [2.24, 2.45) is 14.1 Å². The highest BCUT2D eigenvalue weighted by Gasteiger charge is 2.12. The molecule has 35 heavy (non-hydrogen) atoms. The Labute approximate surface area is 206 Å². The van der Waals surface area contributed by atoms with Crippen molar-refractivity contribution in [3.8, 4) is 0 Å². The minimum atomic E-state index is 0.904. The molecule has 0 aliphatic rings. The van der Waals surface area contributed by atoms with Gasteiger partial charge >= 0.3 is 0 Å². The summed E-state index contributed by atoms with van der Waals surface area (Å²) in [5.41, 5.74) is 7.85. The van der Waals surface area contributed by atoms with Crippen LogP contribution < -0.4 is 0 Å². The molecule has 0 radical (unpaired) electrons. The van der Waals surface area contributed by atoms with Crippen molar-refractivity contribution < 1.29 is 0 Å². The van der Waals surface area contributed by atoms with Crippen molar-refractivity contribution in [3.05, 3.63) is 96.1 Å². The number of para-hydroxylation sites is 2. The predicted molar refractivity (Wildman–Crippen MR) is 149 cm³/mol. The minimum absolute atomic E-state index is 0.904. The molecule has 0 N–H and O–H groups in total. The standard InChI is InChI=1S/C31H32N4/c1-32(19-22-13-15-30-26(17-22)24-9-5-7-11-28(24)34(30)3)21-33(2)20-23-14-16-31-27(18-23)25-10-6-8-12-29(25)35(31)4/h5-18H,19-21H2,1-4H3. The van der Waals surface area contributed by atoms with E-state index in [0.717, 1.165) is 19.8 Å². The second-order valence-electron chi connectivity index (χ2n) is 10.0. The van der Waals surface area contributed by atoms with Crippen LogP contribution in [0.25, 0.3) is 43.6 Å². The molecule has 0 amide bonds. The highest BCUT2D eigenvalue weighted by Crippen LogP contribution is 2.30. The van der Waals surface area contributed by atoms with Crippen molar-refractivity contribution in [2.45, 2.75) is 13.1 Å². The van der Waals surface area contributed by atoms with Gasteiger partial charge in [-0.25, -0.2) is 0 Å². The smallest absolute Gasteiger partial charge is 0.0507 e. The zero-order chi connectivity index (χ0) is 24.1. The lowest BCUT2D eigenvalue weighted by Crippen LogP contribution is -2.32. The van der Waals surface area contributed by atoms with Gasteiger partial charge in [0.15, 0.2) is 0 Å². The lowest BCUT2D eigenvalue weighted by molar-refractivity contribution is 0.171. The lowest BCUT2D eigenvalue weighted by atomic mass is 10.1. The van der Waals surface area contributed by atoms with Crippen LogP contribution in [0.3, 0.4) is 0 Å². The van der Waals surface area contributed by atoms with E-state index in [-0.39, 0.29) is 0 Å². The van der Waals surface area contributed by atoms with Crippen LogP contribution in [0.5, 0.6) is 0 Å². The second-order valence-corrected chi connectivity index (χ2v) is 10.0. The summed E-state index contributed by atoms with van der Waals surface area (Å²) in [4.78, 5) is 4.78. The second kappa shape index (κ2) is 8.56. The molecule has 4 heteroatoms. The zero-order valence-electron chi connectivity index (χ0n) is 21.0. The Morgan fingerprint density at radius 1 is 0.514 bits per heavy atom. The minimum Gasteiger partial charge on any atom is -0.344 e. The molecule has 2 heterocycles. The fourth-order valence-electron chi connectivity index (χ4n) is 5.76. The van der Waals surface area contributed by atoms with Crippen LogP contribution in [0.4, 0.5) is 0 Å². The summed E-state index contributed by atoms with van der Waals surface area (Å²) in [7, 11) is 8.72. The Kier molecular flexibility index (Phi) is 5.36. The molecular formula is C31H32N4. The van der Waals surface area contributed by atoms with Gasteiger partial charge in [-0.2, -0.15) is 0 Å². The maximum atomic E-state index is 2.39. The first-order valence-electron chi connectivity index (χ1n) is 12.3. The number of aryl methyl sites for hydroxylation is 2. The quantitative estimate of drug-likeness (QED) is 0.264. The van der Waals surface area contributed by atoms with Gasteiger partial charge in [0.25, 0.3) is 0 Å². The molecule has 0 fully saturated rings. The van der Waals surface area contributed by atoms with Gasteiger partial charge in [-0.05, 0) is 61.6 Å². The molecule has 6 aromatic rings. The molecule has 4 aromatic carbocycles. The number of hydrogen-bond donors (Lipinski definition) is 0. The van der Waals surface area contributed by atoms with Crippen LogP contribution in [0.2, 0.25) is 0 Å². The third-order valence-electron chi connectivity index (χ3n) is 7.34. The van der Waals surface area contributed by atoms with Crippen LogP contribution >= 0.6 is 0 Å². The molecule has 2 aromatic heterocycles. The van der Waals surface area contributed by atoms with E-state index >= 15 is 0 Å². The van der Waals surface area contributed by atoms with Crippen LogP contribution in [0.1, 0.15) is 11.1 Å². The van der Waals surface area contributed by atoms with Crippen molar-refractivity contribution in [1.82, 2.24) is 18.9 Å². The van der Waals surface area contributed by atoms with Crippen molar-refractivity contribution >= 4 is 43.6 Å². The Morgan fingerprint density at radius 2 is 0.914 bits per heavy atom. The third-order valence-corrected chi connectivity index (χ3v) is 7.34. The Bertz CT molecular complexity index is 1560. The van der Waals surface area contributed by atoms with Crippen LogP contribution in [0, 0.1) is 0 Å². The molecule has 0 atom stereocenters. The summed E-state index contributed by atoms with van der Waals surface area (Å²) < 4.78 is 4.58. The average Bonchev–Trinajstić information content (AvgIpc) is 3.30. The molecule has 176 valence electrons. The molecule has 0 unspecified atom stereocenters. The molecule has 0 spiro atoms. The maximum Gasteiger partial charge on any atom is 0.0507 e. The first kappa shape index (κ1) is 21.9. The van der Waals surface area contributed by atoms with Gasteiger partial charge in [-0.1, -0.05) is 48.5 Å². The van der Waals surface area contributed by atoms with Crippen molar-refractivity contribution in [1.29, 1.82) is 0 Å². The summed E-state index contributed by atoms with van der Waals surface area (Å²) >= 11 is 0. The summed E-state index contributed by atoms with van der Waals surface area (Å²) in [5, 5.41) is 5.34. The van der Waals surface area contributed by atoms with E-state index in [1.807, 2.05) is 0 Å². The zero-order valence-corrected chi connectivity index (χ0v) is 21.0. The summed E-state index contributed by atoms with van der Waals surface area (Å²) in [5.74, 6) is 0.